The Morgan fingerprint density at radius 1 is 1.28 bits per heavy atom. The number of hydrogen-bond donors (Lipinski definition) is 2. The van der Waals surface area contributed by atoms with E-state index in [0.29, 0.717) is 28.8 Å². The van der Waals surface area contributed by atoms with E-state index >= 15 is 0 Å². The number of methoxy groups -OCH3 is 1. The second kappa shape index (κ2) is 8.86. The maximum absolute atomic E-state index is 12.5. The van der Waals surface area contributed by atoms with Crippen molar-refractivity contribution in [3.05, 3.63) is 63.5 Å². The molecule has 3 N–H and O–H groups in total. The lowest BCUT2D eigenvalue weighted by atomic mass is 10.0. The number of benzene rings is 1. The summed E-state index contributed by atoms with van der Waals surface area (Å²) in [6.07, 6.45) is 1.62. The van der Waals surface area contributed by atoms with Crippen LogP contribution in [0.2, 0.25) is 0 Å². The number of ether oxygens (including phenoxy) is 1. The summed E-state index contributed by atoms with van der Waals surface area (Å²) in [7, 11) is 3.15. The van der Waals surface area contributed by atoms with E-state index in [-0.39, 0.29) is 5.91 Å². The number of pyridine rings is 1. The molecule has 0 saturated carbocycles. The molecule has 2 heterocycles. The van der Waals surface area contributed by atoms with Gasteiger partial charge in [0.15, 0.2) is 0 Å². The SMILES string of the molecule is C=Nn1c(OC)c(I)c(-c2ccc(C(=O)Nc3ccccn3)cc2)c1/C(N)=N\C. The highest BCUT2D eigenvalue weighted by Crippen LogP contribution is 2.38. The van der Waals surface area contributed by atoms with E-state index < -0.39 is 0 Å². The Morgan fingerprint density at radius 2 is 2.00 bits per heavy atom. The third-order valence-corrected chi connectivity index (χ3v) is 5.21. The first-order valence-electron chi connectivity index (χ1n) is 8.52. The fourth-order valence-electron chi connectivity index (χ4n) is 2.84. The first kappa shape index (κ1) is 20.5. The number of anilines is 1. The highest BCUT2D eigenvalue weighted by atomic mass is 127. The van der Waals surface area contributed by atoms with Gasteiger partial charge in [-0.3, -0.25) is 9.79 Å². The maximum atomic E-state index is 12.5. The molecule has 0 unspecified atom stereocenters. The highest BCUT2D eigenvalue weighted by Gasteiger charge is 2.25. The zero-order valence-electron chi connectivity index (χ0n) is 15.9. The second-order valence-electron chi connectivity index (χ2n) is 5.86. The largest absolute Gasteiger partial charge is 0.480 e. The van der Waals surface area contributed by atoms with Crippen LogP contribution in [0.4, 0.5) is 5.82 Å². The Morgan fingerprint density at radius 3 is 2.55 bits per heavy atom. The van der Waals surface area contributed by atoms with Crippen LogP contribution >= 0.6 is 22.6 Å². The number of carbonyl (C=O) groups is 1. The number of aromatic nitrogens is 2. The number of rotatable bonds is 6. The van der Waals surface area contributed by atoms with E-state index in [9.17, 15) is 4.79 Å². The number of nitrogens with zero attached hydrogens (tertiary/aromatic N) is 4. The molecule has 0 spiro atoms. The molecular weight excluding hydrogens is 483 g/mol. The molecule has 29 heavy (non-hydrogen) atoms. The van der Waals surface area contributed by atoms with Crippen molar-refractivity contribution < 1.29 is 9.53 Å². The number of nitrogens with one attached hydrogen (secondary N) is 1. The summed E-state index contributed by atoms with van der Waals surface area (Å²) in [6, 6.07) is 12.5. The van der Waals surface area contributed by atoms with Gasteiger partial charge >= 0.3 is 0 Å². The molecule has 8 nitrogen and oxygen atoms in total. The van der Waals surface area contributed by atoms with Crippen molar-refractivity contribution in [1.29, 1.82) is 0 Å². The zero-order chi connectivity index (χ0) is 21.0. The van der Waals surface area contributed by atoms with Crippen LogP contribution in [0.5, 0.6) is 5.88 Å². The summed E-state index contributed by atoms with van der Waals surface area (Å²) in [6.45, 7) is 3.60. The van der Waals surface area contributed by atoms with Gasteiger partial charge in [0.05, 0.1) is 10.7 Å². The molecule has 0 aliphatic carbocycles. The van der Waals surface area contributed by atoms with Crippen molar-refractivity contribution >= 4 is 46.9 Å². The number of hydrogen-bond acceptors (Lipinski definition) is 5. The van der Waals surface area contributed by atoms with E-state index in [2.05, 4.69) is 49.7 Å². The van der Waals surface area contributed by atoms with E-state index in [1.165, 1.54) is 4.68 Å². The summed E-state index contributed by atoms with van der Waals surface area (Å²) in [5, 5.41) is 6.78. The summed E-state index contributed by atoms with van der Waals surface area (Å²) in [4.78, 5) is 20.7. The molecule has 1 aromatic carbocycles. The van der Waals surface area contributed by atoms with Gasteiger partial charge in [0.25, 0.3) is 5.91 Å². The summed E-state index contributed by atoms with van der Waals surface area (Å²) >= 11 is 2.17. The van der Waals surface area contributed by atoms with Crippen LogP contribution in [0.15, 0.2) is 58.8 Å². The molecule has 0 aliphatic rings. The van der Waals surface area contributed by atoms with Gasteiger partial charge in [-0.25, -0.2) is 4.98 Å². The van der Waals surface area contributed by atoms with Crippen molar-refractivity contribution in [2.24, 2.45) is 15.8 Å². The van der Waals surface area contributed by atoms with Gasteiger partial charge in [-0.2, -0.15) is 9.78 Å². The minimum absolute atomic E-state index is 0.247. The van der Waals surface area contributed by atoms with Crippen LogP contribution in [-0.4, -0.2) is 42.3 Å². The van der Waals surface area contributed by atoms with Crippen molar-refractivity contribution in [3.63, 3.8) is 0 Å². The molecule has 9 heteroatoms. The Bertz CT molecular complexity index is 1070. The van der Waals surface area contributed by atoms with Gasteiger partial charge < -0.3 is 15.8 Å². The van der Waals surface area contributed by atoms with E-state index in [1.807, 2.05) is 12.1 Å². The van der Waals surface area contributed by atoms with E-state index in [0.717, 1.165) is 14.7 Å². The number of amidine groups is 1. The van der Waals surface area contributed by atoms with Gasteiger partial charge in [0.1, 0.15) is 17.3 Å². The quantitative estimate of drug-likeness (QED) is 0.307. The lowest BCUT2D eigenvalue weighted by Gasteiger charge is -2.08. The first-order chi connectivity index (χ1) is 14.0. The molecule has 0 saturated heterocycles. The van der Waals surface area contributed by atoms with Crippen LogP contribution in [-0.2, 0) is 0 Å². The number of aliphatic imine (C=N–C) groups is 1. The fraction of sp³-hybridized carbons (Fsp3) is 0.100. The normalized spacial score (nSPS) is 11.2. The lowest BCUT2D eigenvalue weighted by Crippen LogP contribution is -2.18. The van der Waals surface area contributed by atoms with Crippen LogP contribution in [0.25, 0.3) is 11.1 Å². The molecule has 0 radical (unpaired) electrons. The van der Waals surface area contributed by atoms with Crippen molar-refractivity contribution in [2.75, 3.05) is 19.5 Å². The van der Waals surface area contributed by atoms with E-state index in [4.69, 9.17) is 10.5 Å². The standard InChI is InChI=1S/C20H19IN6O2/c1-23-18(22)17-15(16(21)20(29-3)27(17)24-2)12-7-9-13(10-8-12)19(28)26-14-6-4-5-11-25-14/h4-11H,2H2,1,3H3,(H2,22,23)(H,25,26,28). The summed E-state index contributed by atoms with van der Waals surface area (Å²) in [5.74, 6) is 1.05. The lowest BCUT2D eigenvalue weighted by molar-refractivity contribution is 0.102. The van der Waals surface area contributed by atoms with Crippen LogP contribution in [0.3, 0.4) is 0 Å². The zero-order valence-corrected chi connectivity index (χ0v) is 18.0. The maximum Gasteiger partial charge on any atom is 0.256 e. The Hall–Kier alpha value is -3.21. The van der Waals surface area contributed by atoms with Crippen molar-refractivity contribution in [3.8, 4) is 17.0 Å². The van der Waals surface area contributed by atoms with Crippen LogP contribution < -0.4 is 15.8 Å². The predicted octanol–water partition coefficient (Wildman–Crippen LogP) is 3.21. The minimum atomic E-state index is -0.247. The topological polar surface area (TPSA) is 107 Å². The van der Waals surface area contributed by atoms with Crippen molar-refractivity contribution in [1.82, 2.24) is 9.66 Å². The summed E-state index contributed by atoms with van der Waals surface area (Å²) < 4.78 is 7.80. The van der Waals surface area contributed by atoms with Gasteiger partial charge in [-0.1, -0.05) is 18.2 Å². The Balaban J connectivity index is 2.01. The fourth-order valence-corrected chi connectivity index (χ4v) is 3.86. The van der Waals surface area contributed by atoms with Gasteiger partial charge in [0.2, 0.25) is 5.88 Å². The van der Waals surface area contributed by atoms with E-state index in [1.54, 1.807) is 50.7 Å². The average Bonchev–Trinajstić information content (AvgIpc) is 3.05. The number of carbonyl (C=O) groups excluding carboxylic acids is 1. The van der Waals surface area contributed by atoms with Gasteiger partial charge in [0, 0.05) is 31.1 Å². The molecule has 0 atom stereocenters. The Labute approximate surface area is 181 Å². The van der Waals surface area contributed by atoms with Crippen LogP contribution in [0, 0.1) is 3.57 Å². The second-order valence-corrected chi connectivity index (χ2v) is 6.93. The highest BCUT2D eigenvalue weighted by molar-refractivity contribution is 14.1. The average molecular weight is 502 g/mol. The monoisotopic (exact) mass is 502 g/mol. The van der Waals surface area contributed by atoms with Crippen LogP contribution in [0.1, 0.15) is 16.1 Å². The molecule has 3 rings (SSSR count). The molecule has 0 bridgehead atoms. The number of halogens is 1. The van der Waals surface area contributed by atoms with Crippen molar-refractivity contribution in [2.45, 2.75) is 0 Å². The minimum Gasteiger partial charge on any atom is -0.480 e. The Kier molecular flexibility index (Phi) is 6.27. The molecule has 2 aromatic heterocycles. The number of amides is 1. The molecule has 0 fully saturated rings. The molecule has 148 valence electrons. The molecule has 1 amide bonds. The van der Waals surface area contributed by atoms with Gasteiger partial charge in [-0.05, 0) is 52.4 Å². The third kappa shape index (κ3) is 3.99. The smallest absolute Gasteiger partial charge is 0.256 e. The third-order valence-electron chi connectivity index (χ3n) is 4.21. The van der Waals surface area contributed by atoms with Gasteiger partial charge in [-0.15, -0.1) is 0 Å². The first-order valence-corrected chi connectivity index (χ1v) is 9.60. The molecule has 3 aromatic rings. The number of nitrogens with two attached hydrogens (primary N) is 1. The predicted molar refractivity (Wildman–Crippen MR) is 123 cm³/mol. The summed E-state index contributed by atoms with van der Waals surface area (Å²) in [5.41, 5.74) is 8.84. The molecular formula is C20H19IN6O2. The molecule has 0 aliphatic heterocycles.